The van der Waals surface area contributed by atoms with E-state index in [4.69, 9.17) is 4.74 Å². The molecule has 2 amide bonds. The summed E-state index contributed by atoms with van der Waals surface area (Å²) in [6.07, 6.45) is 2.24. The first kappa shape index (κ1) is 12.3. The number of amides is 2. The number of carbonyl (C=O) groups is 2. The number of pyridine rings is 1. The van der Waals surface area contributed by atoms with Gasteiger partial charge in [0.1, 0.15) is 5.69 Å². The van der Waals surface area contributed by atoms with Crippen molar-refractivity contribution in [2.75, 3.05) is 26.2 Å². The third-order valence-electron chi connectivity index (χ3n) is 3.41. The predicted octanol–water partition coefficient (Wildman–Crippen LogP) is 0.0561. The Bertz CT molecular complexity index is 477. The first-order valence-electron chi connectivity index (χ1n) is 6.41. The van der Waals surface area contributed by atoms with Crippen LogP contribution in [-0.2, 0) is 4.74 Å². The van der Waals surface area contributed by atoms with Crippen LogP contribution in [-0.4, -0.2) is 54.0 Å². The van der Waals surface area contributed by atoms with Gasteiger partial charge in [0.15, 0.2) is 0 Å². The average molecular weight is 261 g/mol. The van der Waals surface area contributed by atoms with Gasteiger partial charge in [-0.05, 0) is 18.6 Å². The van der Waals surface area contributed by atoms with Crippen molar-refractivity contribution >= 4 is 11.8 Å². The largest absolute Gasteiger partial charge is 0.376 e. The Labute approximate surface area is 110 Å². The summed E-state index contributed by atoms with van der Waals surface area (Å²) in [5.41, 5.74) is 0.658. The molecule has 0 spiro atoms. The van der Waals surface area contributed by atoms with Crippen molar-refractivity contribution in [3.8, 4) is 0 Å². The third kappa shape index (κ3) is 2.24. The lowest BCUT2D eigenvalue weighted by molar-refractivity contribution is 0.0180. The molecule has 6 heteroatoms. The van der Waals surface area contributed by atoms with E-state index in [0.717, 1.165) is 13.1 Å². The quantitative estimate of drug-likeness (QED) is 0.779. The summed E-state index contributed by atoms with van der Waals surface area (Å²) in [6.45, 7) is 2.67. The van der Waals surface area contributed by atoms with Crippen molar-refractivity contribution in [3.63, 3.8) is 0 Å². The molecule has 1 N–H and O–H groups in total. The fourth-order valence-corrected chi connectivity index (χ4v) is 2.40. The Hall–Kier alpha value is -1.79. The Morgan fingerprint density at radius 3 is 3.05 bits per heavy atom. The van der Waals surface area contributed by atoms with Crippen LogP contribution in [0.25, 0.3) is 0 Å². The Balaban J connectivity index is 1.67. The maximum atomic E-state index is 12.1. The highest BCUT2D eigenvalue weighted by atomic mass is 16.5. The van der Waals surface area contributed by atoms with Gasteiger partial charge in [-0.2, -0.15) is 0 Å². The number of fused-ring (bicyclic) bond motifs is 1. The summed E-state index contributed by atoms with van der Waals surface area (Å²) in [5.74, 6) is -0.554. The molecule has 0 saturated carbocycles. The van der Waals surface area contributed by atoms with Gasteiger partial charge in [-0.15, -0.1) is 0 Å². The van der Waals surface area contributed by atoms with E-state index in [1.54, 1.807) is 12.1 Å². The summed E-state index contributed by atoms with van der Waals surface area (Å²) in [4.78, 5) is 29.4. The molecule has 19 heavy (non-hydrogen) atoms. The molecule has 0 bridgehead atoms. The lowest BCUT2D eigenvalue weighted by atomic mass is 10.2. The molecule has 0 aliphatic carbocycles. The minimum Gasteiger partial charge on any atom is -0.376 e. The highest BCUT2D eigenvalue weighted by Crippen LogP contribution is 2.21. The van der Waals surface area contributed by atoms with E-state index in [1.165, 1.54) is 11.1 Å². The summed E-state index contributed by atoms with van der Waals surface area (Å²) < 4.78 is 5.56. The molecule has 2 aliphatic rings. The SMILES string of the molecule is O=C1c2cccnc2C(=O)N1CCC1CNCCO1. The highest BCUT2D eigenvalue weighted by molar-refractivity contribution is 6.20. The number of hydrogen-bond donors (Lipinski definition) is 1. The molecule has 2 aliphatic heterocycles. The molecule has 3 heterocycles. The molecule has 0 aromatic carbocycles. The number of nitrogens with zero attached hydrogens (tertiary/aromatic N) is 2. The predicted molar refractivity (Wildman–Crippen MR) is 66.8 cm³/mol. The van der Waals surface area contributed by atoms with E-state index >= 15 is 0 Å². The summed E-state index contributed by atoms with van der Waals surface area (Å²) in [6, 6.07) is 3.31. The van der Waals surface area contributed by atoms with Crippen LogP contribution in [0.15, 0.2) is 18.3 Å². The van der Waals surface area contributed by atoms with Crippen LogP contribution < -0.4 is 5.32 Å². The number of imide groups is 1. The minimum atomic E-state index is -0.302. The molecule has 1 aromatic heterocycles. The number of nitrogens with one attached hydrogen (secondary N) is 1. The van der Waals surface area contributed by atoms with Gasteiger partial charge < -0.3 is 10.1 Å². The smallest absolute Gasteiger partial charge is 0.280 e. The zero-order valence-electron chi connectivity index (χ0n) is 10.5. The van der Waals surface area contributed by atoms with Crippen molar-refractivity contribution in [3.05, 3.63) is 29.6 Å². The van der Waals surface area contributed by atoms with E-state index in [9.17, 15) is 9.59 Å². The number of aromatic nitrogens is 1. The molecular formula is C13H15N3O3. The van der Waals surface area contributed by atoms with E-state index in [1.807, 2.05) is 0 Å². The fourth-order valence-electron chi connectivity index (χ4n) is 2.40. The maximum absolute atomic E-state index is 12.1. The second-order valence-electron chi connectivity index (χ2n) is 4.65. The molecular weight excluding hydrogens is 246 g/mol. The standard InChI is InChI=1S/C13H15N3O3/c17-12-10-2-1-4-15-11(10)13(18)16(12)6-3-9-8-14-5-7-19-9/h1-2,4,9,14H,3,5-8H2. The van der Waals surface area contributed by atoms with Crippen molar-refractivity contribution in [2.45, 2.75) is 12.5 Å². The van der Waals surface area contributed by atoms with Crippen molar-refractivity contribution in [1.82, 2.24) is 15.2 Å². The molecule has 1 aromatic rings. The summed E-state index contributed by atoms with van der Waals surface area (Å²) >= 11 is 0. The molecule has 1 unspecified atom stereocenters. The number of morpholine rings is 1. The fraction of sp³-hybridized carbons (Fsp3) is 0.462. The van der Waals surface area contributed by atoms with Crippen LogP contribution in [0.1, 0.15) is 27.3 Å². The number of ether oxygens (including phenoxy) is 1. The second kappa shape index (κ2) is 5.07. The molecule has 1 saturated heterocycles. The average Bonchev–Trinajstić information content (AvgIpc) is 2.71. The highest BCUT2D eigenvalue weighted by Gasteiger charge is 2.36. The van der Waals surface area contributed by atoms with Crippen LogP contribution in [0.5, 0.6) is 0 Å². The lowest BCUT2D eigenvalue weighted by Crippen LogP contribution is -2.41. The topological polar surface area (TPSA) is 71.5 Å². The van der Waals surface area contributed by atoms with Gasteiger partial charge in [0.2, 0.25) is 0 Å². The molecule has 100 valence electrons. The van der Waals surface area contributed by atoms with E-state index in [2.05, 4.69) is 10.3 Å². The molecule has 1 atom stereocenters. The minimum absolute atomic E-state index is 0.0611. The number of carbonyl (C=O) groups excluding carboxylic acids is 2. The van der Waals surface area contributed by atoms with Gasteiger partial charge >= 0.3 is 0 Å². The maximum Gasteiger partial charge on any atom is 0.280 e. The Kier molecular flexibility index (Phi) is 3.27. The second-order valence-corrected chi connectivity index (χ2v) is 4.65. The Morgan fingerprint density at radius 2 is 2.32 bits per heavy atom. The number of rotatable bonds is 3. The molecule has 1 fully saturated rings. The van der Waals surface area contributed by atoms with Crippen LogP contribution in [0.4, 0.5) is 0 Å². The molecule has 3 rings (SSSR count). The zero-order chi connectivity index (χ0) is 13.2. The monoisotopic (exact) mass is 261 g/mol. The summed E-state index contributed by atoms with van der Waals surface area (Å²) in [5, 5.41) is 3.22. The first-order valence-corrected chi connectivity index (χ1v) is 6.41. The zero-order valence-corrected chi connectivity index (χ0v) is 10.5. The van der Waals surface area contributed by atoms with Crippen LogP contribution in [0.2, 0.25) is 0 Å². The van der Waals surface area contributed by atoms with E-state index in [-0.39, 0.29) is 23.6 Å². The molecule has 6 nitrogen and oxygen atoms in total. The van der Waals surface area contributed by atoms with Gasteiger partial charge in [0.25, 0.3) is 11.8 Å². The normalized spacial score (nSPS) is 22.7. The van der Waals surface area contributed by atoms with Gasteiger partial charge in [0, 0.05) is 25.8 Å². The van der Waals surface area contributed by atoms with Gasteiger partial charge in [-0.25, -0.2) is 0 Å². The van der Waals surface area contributed by atoms with Crippen LogP contribution >= 0.6 is 0 Å². The summed E-state index contributed by atoms with van der Waals surface area (Å²) in [7, 11) is 0. The third-order valence-corrected chi connectivity index (χ3v) is 3.41. The van der Waals surface area contributed by atoms with E-state index in [0.29, 0.717) is 25.1 Å². The van der Waals surface area contributed by atoms with E-state index < -0.39 is 0 Å². The Morgan fingerprint density at radius 1 is 1.42 bits per heavy atom. The van der Waals surface area contributed by atoms with Crippen LogP contribution in [0.3, 0.4) is 0 Å². The lowest BCUT2D eigenvalue weighted by Gasteiger charge is -2.25. The van der Waals surface area contributed by atoms with Gasteiger partial charge in [-0.1, -0.05) is 0 Å². The van der Waals surface area contributed by atoms with Crippen molar-refractivity contribution in [2.24, 2.45) is 0 Å². The van der Waals surface area contributed by atoms with Gasteiger partial charge in [-0.3, -0.25) is 19.5 Å². The molecule has 0 radical (unpaired) electrons. The number of hydrogen-bond acceptors (Lipinski definition) is 5. The van der Waals surface area contributed by atoms with Gasteiger partial charge in [0.05, 0.1) is 18.3 Å². The first-order chi connectivity index (χ1) is 9.27. The van der Waals surface area contributed by atoms with Crippen molar-refractivity contribution in [1.29, 1.82) is 0 Å². The van der Waals surface area contributed by atoms with Crippen LogP contribution in [0, 0.1) is 0 Å². The van der Waals surface area contributed by atoms with Crippen molar-refractivity contribution < 1.29 is 14.3 Å².